The lowest BCUT2D eigenvalue weighted by Crippen LogP contribution is -2.36. The Morgan fingerprint density at radius 2 is 1.63 bits per heavy atom. The molecule has 0 fully saturated rings. The van der Waals surface area contributed by atoms with Crippen LogP contribution in [0.5, 0.6) is 0 Å². The van der Waals surface area contributed by atoms with Crippen LogP contribution in [0, 0.1) is 0 Å². The van der Waals surface area contributed by atoms with Crippen LogP contribution in [0.3, 0.4) is 0 Å². The van der Waals surface area contributed by atoms with Crippen molar-refractivity contribution in [2.75, 3.05) is 5.73 Å². The van der Waals surface area contributed by atoms with Crippen molar-refractivity contribution in [2.24, 2.45) is 16.5 Å². The average Bonchev–Trinajstić information content (AvgIpc) is 2.66. The standard InChI is InChI=1S/C22H21N5/c1-2-27-20-12-15(23)8-10-18(20)17-11-9-16(26-22(24)25)13-19(17)21(27)14-6-4-3-5-7-14/h3-13,23H,2H2,1H3,(H4,24,25,26)/p+1. The molecule has 0 aliphatic rings. The molecule has 0 spiro atoms. The largest absolute Gasteiger partial charge is 0.399 e. The Labute approximate surface area is 157 Å². The molecule has 0 saturated carbocycles. The number of hydrogen-bond donors (Lipinski definition) is 3. The number of pyridine rings is 1. The summed E-state index contributed by atoms with van der Waals surface area (Å²) >= 11 is 0. The second kappa shape index (κ2) is 6.61. The number of nitrogens with two attached hydrogens (primary N) is 3. The molecule has 4 rings (SSSR count). The summed E-state index contributed by atoms with van der Waals surface area (Å²) in [6.07, 6.45) is 0. The van der Waals surface area contributed by atoms with Crippen LogP contribution < -0.4 is 21.8 Å². The highest BCUT2D eigenvalue weighted by molar-refractivity contribution is 6.10. The van der Waals surface area contributed by atoms with Crippen LogP contribution in [0.4, 0.5) is 11.4 Å². The predicted octanol–water partition coefficient (Wildman–Crippen LogP) is 3.45. The van der Waals surface area contributed by atoms with Crippen LogP contribution in [0.25, 0.3) is 32.9 Å². The molecule has 6 N–H and O–H groups in total. The van der Waals surface area contributed by atoms with Crippen molar-refractivity contribution in [1.82, 2.24) is 0 Å². The van der Waals surface area contributed by atoms with Crippen LogP contribution in [-0.4, -0.2) is 5.96 Å². The summed E-state index contributed by atoms with van der Waals surface area (Å²) in [5.41, 5.74) is 22.1. The van der Waals surface area contributed by atoms with E-state index in [1.54, 1.807) is 0 Å². The molecule has 5 heteroatoms. The minimum atomic E-state index is 0.0486. The van der Waals surface area contributed by atoms with Crippen LogP contribution in [0.1, 0.15) is 6.92 Å². The van der Waals surface area contributed by atoms with Crippen molar-refractivity contribution in [3.63, 3.8) is 0 Å². The van der Waals surface area contributed by atoms with E-state index < -0.39 is 0 Å². The molecule has 1 aromatic heterocycles. The SMILES string of the molecule is CC[n+]1c(-c2ccccc2)c2cc(N=C(N)N)ccc2c2ccc(N)cc21. The molecule has 0 bridgehead atoms. The lowest BCUT2D eigenvalue weighted by molar-refractivity contribution is -0.655. The Bertz CT molecular complexity index is 1180. The number of aromatic nitrogens is 1. The fourth-order valence-corrected chi connectivity index (χ4v) is 3.68. The molecule has 27 heavy (non-hydrogen) atoms. The molecule has 0 amide bonds. The van der Waals surface area contributed by atoms with E-state index in [-0.39, 0.29) is 5.96 Å². The van der Waals surface area contributed by atoms with E-state index in [4.69, 9.17) is 17.2 Å². The van der Waals surface area contributed by atoms with Gasteiger partial charge in [-0.3, -0.25) is 0 Å². The van der Waals surface area contributed by atoms with E-state index in [1.165, 1.54) is 0 Å². The third-order valence-electron chi connectivity index (χ3n) is 4.75. The maximum absolute atomic E-state index is 6.10. The van der Waals surface area contributed by atoms with Crippen molar-refractivity contribution in [3.05, 3.63) is 66.7 Å². The van der Waals surface area contributed by atoms with Gasteiger partial charge in [0, 0.05) is 22.7 Å². The number of guanidine groups is 1. The Morgan fingerprint density at radius 1 is 0.889 bits per heavy atom. The highest BCUT2D eigenvalue weighted by Crippen LogP contribution is 2.34. The van der Waals surface area contributed by atoms with Gasteiger partial charge in [0.2, 0.25) is 11.2 Å². The molecule has 4 aromatic rings. The van der Waals surface area contributed by atoms with Gasteiger partial charge in [-0.05, 0) is 43.3 Å². The molecule has 0 atom stereocenters. The topological polar surface area (TPSA) is 94.3 Å². The van der Waals surface area contributed by atoms with Gasteiger partial charge >= 0.3 is 0 Å². The van der Waals surface area contributed by atoms with Gasteiger partial charge in [-0.25, -0.2) is 4.99 Å². The van der Waals surface area contributed by atoms with Crippen LogP contribution in [0.15, 0.2) is 71.7 Å². The fourth-order valence-electron chi connectivity index (χ4n) is 3.68. The molecule has 0 unspecified atom stereocenters. The maximum atomic E-state index is 6.10. The van der Waals surface area contributed by atoms with Gasteiger partial charge in [0.15, 0.2) is 5.96 Å². The quantitative estimate of drug-likeness (QED) is 0.172. The van der Waals surface area contributed by atoms with Crippen LogP contribution in [0.2, 0.25) is 0 Å². The summed E-state index contributed by atoms with van der Waals surface area (Å²) in [5.74, 6) is 0.0486. The van der Waals surface area contributed by atoms with Gasteiger partial charge in [-0.15, -0.1) is 0 Å². The first kappa shape index (κ1) is 16.8. The summed E-state index contributed by atoms with van der Waals surface area (Å²) in [6.45, 7) is 2.95. The smallest absolute Gasteiger partial charge is 0.220 e. The zero-order valence-electron chi connectivity index (χ0n) is 15.2. The summed E-state index contributed by atoms with van der Waals surface area (Å²) in [7, 11) is 0. The second-order valence-electron chi connectivity index (χ2n) is 6.50. The minimum Gasteiger partial charge on any atom is -0.399 e. The molecule has 0 aliphatic carbocycles. The molecule has 5 nitrogen and oxygen atoms in total. The number of aliphatic imine (C=N–C) groups is 1. The Kier molecular flexibility index (Phi) is 4.12. The molecule has 3 aromatic carbocycles. The van der Waals surface area contributed by atoms with Crippen molar-refractivity contribution in [3.8, 4) is 11.3 Å². The normalized spacial score (nSPS) is 11.0. The van der Waals surface area contributed by atoms with E-state index in [1.807, 2.05) is 42.5 Å². The fraction of sp³-hybridized carbons (Fsp3) is 0.0909. The van der Waals surface area contributed by atoms with E-state index in [2.05, 4.69) is 40.7 Å². The van der Waals surface area contributed by atoms with Crippen LogP contribution in [-0.2, 0) is 6.54 Å². The Balaban J connectivity index is 2.22. The van der Waals surface area contributed by atoms with Crippen molar-refractivity contribution < 1.29 is 4.57 Å². The van der Waals surface area contributed by atoms with Gasteiger partial charge in [-0.1, -0.05) is 24.3 Å². The molecule has 0 aliphatic heterocycles. The number of fused-ring (bicyclic) bond motifs is 3. The zero-order valence-corrected chi connectivity index (χ0v) is 15.2. The van der Waals surface area contributed by atoms with E-state index in [0.717, 1.165) is 50.9 Å². The minimum absolute atomic E-state index is 0.0486. The van der Waals surface area contributed by atoms with Gasteiger partial charge < -0.3 is 17.2 Å². The van der Waals surface area contributed by atoms with Crippen molar-refractivity contribution >= 4 is 39.0 Å². The monoisotopic (exact) mass is 356 g/mol. The summed E-state index contributed by atoms with van der Waals surface area (Å²) in [4.78, 5) is 4.24. The molecular formula is C22H22N5+. The molecule has 1 heterocycles. The summed E-state index contributed by atoms with van der Waals surface area (Å²) in [6, 6.07) is 22.4. The number of rotatable bonds is 3. The summed E-state index contributed by atoms with van der Waals surface area (Å²) < 4.78 is 2.29. The van der Waals surface area contributed by atoms with Gasteiger partial charge in [0.25, 0.3) is 0 Å². The molecule has 0 radical (unpaired) electrons. The third-order valence-corrected chi connectivity index (χ3v) is 4.75. The van der Waals surface area contributed by atoms with E-state index in [9.17, 15) is 0 Å². The van der Waals surface area contributed by atoms with Crippen LogP contribution >= 0.6 is 0 Å². The molecular weight excluding hydrogens is 334 g/mol. The summed E-state index contributed by atoms with van der Waals surface area (Å²) in [5, 5.41) is 3.39. The molecule has 134 valence electrons. The zero-order chi connectivity index (χ0) is 19.0. The number of nitrogens with zero attached hydrogens (tertiary/aromatic N) is 2. The second-order valence-corrected chi connectivity index (χ2v) is 6.50. The Morgan fingerprint density at radius 3 is 2.33 bits per heavy atom. The number of nitrogen functional groups attached to an aromatic ring is 1. The highest BCUT2D eigenvalue weighted by Gasteiger charge is 2.22. The number of anilines is 1. The Hall–Kier alpha value is -3.60. The average molecular weight is 356 g/mol. The third kappa shape index (κ3) is 2.93. The van der Waals surface area contributed by atoms with E-state index in [0.29, 0.717) is 0 Å². The predicted molar refractivity (Wildman–Crippen MR) is 113 cm³/mol. The van der Waals surface area contributed by atoms with Gasteiger partial charge in [-0.2, -0.15) is 4.57 Å². The first-order valence-corrected chi connectivity index (χ1v) is 8.92. The van der Waals surface area contributed by atoms with Gasteiger partial charge in [0.1, 0.15) is 6.54 Å². The maximum Gasteiger partial charge on any atom is 0.220 e. The molecule has 0 saturated heterocycles. The lowest BCUT2D eigenvalue weighted by atomic mass is 9.98. The van der Waals surface area contributed by atoms with Gasteiger partial charge in [0.05, 0.1) is 16.5 Å². The first-order valence-electron chi connectivity index (χ1n) is 8.92. The number of hydrogen-bond acceptors (Lipinski definition) is 2. The number of aryl methyl sites for hydroxylation is 1. The van der Waals surface area contributed by atoms with E-state index >= 15 is 0 Å². The number of benzene rings is 3. The van der Waals surface area contributed by atoms with Crippen molar-refractivity contribution in [1.29, 1.82) is 0 Å². The highest BCUT2D eigenvalue weighted by atomic mass is 15.0. The first-order chi connectivity index (χ1) is 13.1. The lowest BCUT2D eigenvalue weighted by Gasteiger charge is -2.12. The van der Waals surface area contributed by atoms with Crippen molar-refractivity contribution in [2.45, 2.75) is 13.5 Å².